The Kier molecular flexibility index (Phi) is 3.04. The Hall–Kier alpha value is -2.15. The topological polar surface area (TPSA) is 83.1 Å². The third kappa shape index (κ3) is 2.50. The number of carbonyl (C=O) groups is 2. The minimum absolute atomic E-state index is 0.0832. The SMILES string of the molecule is O=C1CCC(C(=O)NNc2nc3ccccc3s2)N1. The van der Waals surface area contributed by atoms with Gasteiger partial charge < -0.3 is 5.32 Å². The first-order valence-corrected chi connectivity index (χ1v) is 6.75. The summed E-state index contributed by atoms with van der Waals surface area (Å²) in [5.41, 5.74) is 6.24. The molecule has 1 saturated heterocycles. The number of para-hydroxylation sites is 1. The molecule has 3 rings (SSSR count). The van der Waals surface area contributed by atoms with Crippen molar-refractivity contribution >= 4 is 38.5 Å². The number of hydrogen-bond donors (Lipinski definition) is 3. The highest BCUT2D eigenvalue weighted by Crippen LogP contribution is 2.24. The summed E-state index contributed by atoms with van der Waals surface area (Å²) in [6, 6.07) is 7.29. The molecule has 2 aromatic rings. The van der Waals surface area contributed by atoms with E-state index in [1.165, 1.54) is 11.3 Å². The lowest BCUT2D eigenvalue weighted by Crippen LogP contribution is -2.43. The van der Waals surface area contributed by atoms with Crippen LogP contribution in [0.15, 0.2) is 24.3 Å². The first-order valence-electron chi connectivity index (χ1n) is 5.93. The van der Waals surface area contributed by atoms with Crippen molar-refractivity contribution in [3.63, 3.8) is 0 Å². The van der Waals surface area contributed by atoms with Gasteiger partial charge in [0.25, 0.3) is 5.91 Å². The normalized spacial score (nSPS) is 18.3. The molecule has 19 heavy (non-hydrogen) atoms. The Bertz CT molecular complexity index is 606. The molecule has 0 bridgehead atoms. The van der Waals surface area contributed by atoms with Gasteiger partial charge in [-0.25, -0.2) is 4.98 Å². The Morgan fingerprint density at radius 1 is 1.42 bits per heavy atom. The van der Waals surface area contributed by atoms with E-state index in [9.17, 15) is 9.59 Å². The number of thiazole rings is 1. The average molecular weight is 276 g/mol. The van der Waals surface area contributed by atoms with Crippen LogP contribution in [0.5, 0.6) is 0 Å². The third-order valence-electron chi connectivity index (χ3n) is 2.90. The summed E-state index contributed by atoms with van der Waals surface area (Å²) in [6.45, 7) is 0. The maximum absolute atomic E-state index is 11.8. The predicted molar refractivity (Wildman–Crippen MR) is 72.6 cm³/mol. The molecule has 1 aromatic carbocycles. The van der Waals surface area contributed by atoms with Crippen LogP contribution in [0, 0.1) is 0 Å². The highest BCUT2D eigenvalue weighted by molar-refractivity contribution is 7.22. The number of hydrogen-bond acceptors (Lipinski definition) is 5. The van der Waals surface area contributed by atoms with Gasteiger partial charge in [-0.1, -0.05) is 23.5 Å². The summed E-state index contributed by atoms with van der Waals surface area (Å²) in [7, 11) is 0. The Balaban J connectivity index is 1.62. The van der Waals surface area contributed by atoms with E-state index in [1.54, 1.807) is 0 Å². The molecule has 1 atom stereocenters. The molecule has 2 amide bonds. The molecule has 0 radical (unpaired) electrons. The number of fused-ring (bicyclic) bond motifs is 1. The molecule has 0 spiro atoms. The second kappa shape index (κ2) is 4.85. The first-order chi connectivity index (χ1) is 9.22. The highest BCUT2D eigenvalue weighted by Gasteiger charge is 2.27. The van der Waals surface area contributed by atoms with Crippen molar-refractivity contribution in [2.24, 2.45) is 0 Å². The number of amides is 2. The molecular weight excluding hydrogens is 264 g/mol. The van der Waals surface area contributed by atoms with Crippen molar-refractivity contribution in [3.8, 4) is 0 Å². The quantitative estimate of drug-likeness (QED) is 0.731. The molecule has 2 heterocycles. The van der Waals surface area contributed by atoms with Crippen LogP contribution >= 0.6 is 11.3 Å². The van der Waals surface area contributed by atoms with Gasteiger partial charge in [0.1, 0.15) is 6.04 Å². The van der Waals surface area contributed by atoms with Gasteiger partial charge in [-0.15, -0.1) is 0 Å². The number of nitrogens with one attached hydrogen (secondary N) is 3. The molecule has 1 unspecified atom stereocenters. The van der Waals surface area contributed by atoms with Crippen LogP contribution in [0.1, 0.15) is 12.8 Å². The number of carbonyl (C=O) groups excluding carboxylic acids is 2. The van der Waals surface area contributed by atoms with Gasteiger partial charge in [0.05, 0.1) is 10.2 Å². The molecule has 0 saturated carbocycles. The van der Waals surface area contributed by atoms with E-state index in [0.717, 1.165) is 10.2 Å². The van der Waals surface area contributed by atoms with E-state index in [0.29, 0.717) is 18.0 Å². The van der Waals surface area contributed by atoms with Crippen LogP contribution in [0.25, 0.3) is 10.2 Å². The summed E-state index contributed by atoms with van der Waals surface area (Å²) in [5, 5.41) is 3.23. The summed E-state index contributed by atoms with van der Waals surface area (Å²) < 4.78 is 1.05. The molecule has 3 N–H and O–H groups in total. The van der Waals surface area contributed by atoms with Crippen LogP contribution in [-0.4, -0.2) is 22.8 Å². The van der Waals surface area contributed by atoms with Gasteiger partial charge in [-0.3, -0.25) is 20.4 Å². The fourth-order valence-electron chi connectivity index (χ4n) is 1.94. The van der Waals surface area contributed by atoms with E-state index in [1.807, 2.05) is 24.3 Å². The molecule has 7 heteroatoms. The average Bonchev–Trinajstić information content (AvgIpc) is 3.01. The number of nitrogens with zero attached hydrogens (tertiary/aromatic N) is 1. The maximum Gasteiger partial charge on any atom is 0.260 e. The summed E-state index contributed by atoms with van der Waals surface area (Å²) in [6.07, 6.45) is 0.936. The van der Waals surface area contributed by atoms with Crippen molar-refractivity contribution in [2.45, 2.75) is 18.9 Å². The van der Waals surface area contributed by atoms with Gasteiger partial charge in [0, 0.05) is 6.42 Å². The van der Waals surface area contributed by atoms with Gasteiger partial charge in [0.2, 0.25) is 11.0 Å². The molecular formula is C12H12N4O2S. The summed E-state index contributed by atoms with van der Waals surface area (Å²) >= 11 is 1.46. The lowest BCUT2D eigenvalue weighted by atomic mass is 10.2. The summed E-state index contributed by atoms with van der Waals surface area (Å²) in [4.78, 5) is 27.1. The van der Waals surface area contributed by atoms with Crippen molar-refractivity contribution < 1.29 is 9.59 Å². The number of rotatable bonds is 3. The monoisotopic (exact) mass is 276 g/mol. The number of benzene rings is 1. The van der Waals surface area contributed by atoms with E-state index >= 15 is 0 Å². The Labute approximate surface area is 113 Å². The zero-order valence-corrected chi connectivity index (χ0v) is 10.8. The number of anilines is 1. The van der Waals surface area contributed by atoms with Crippen LogP contribution in [-0.2, 0) is 9.59 Å². The first kappa shape index (κ1) is 11.9. The van der Waals surface area contributed by atoms with Crippen molar-refractivity contribution in [3.05, 3.63) is 24.3 Å². The minimum atomic E-state index is -0.450. The van der Waals surface area contributed by atoms with Crippen LogP contribution < -0.4 is 16.2 Å². The van der Waals surface area contributed by atoms with E-state index in [2.05, 4.69) is 21.2 Å². The zero-order chi connectivity index (χ0) is 13.2. The zero-order valence-electron chi connectivity index (χ0n) is 9.97. The van der Waals surface area contributed by atoms with E-state index in [4.69, 9.17) is 0 Å². The molecule has 1 aromatic heterocycles. The second-order valence-corrected chi connectivity index (χ2v) is 5.29. The lowest BCUT2D eigenvalue weighted by Gasteiger charge is -2.10. The van der Waals surface area contributed by atoms with Gasteiger partial charge in [-0.05, 0) is 18.6 Å². The second-order valence-electron chi connectivity index (χ2n) is 4.26. The third-order valence-corrected chi connectivity index (χ3v) is 3.85. The largest absolute Gasteiger partial charge is 0.344 e. The minimum Gasteiger partial charge on any atom is -0.344 e. The van der Waals surface area contributed by atoms with Crippen LogP contribution in [0.2, 0.25) is 0 Å². The Morgan fingerprint density at radius 2 is 2.26 bits per heavy atom. The molecule has 6 nitrogen and oxygen atoms in total. The fraction of sp³-hybridized carbons (Fsp3) is 0.250. The van der Waals surface area contributed by atoms with Crippen molar-refractivity contribution in [1.29, 1.82) is 0 Å². The lowest BCUT2D eigenvalue weighted by molar-refractivity contribution is -0.125. The Morgan fingerprint density at radius 3 is 3.00 bits per heavy atom. The number of hydrazine groups is 1. The van der Waals surface area contributed by atoms with Gasteiger partial charge in [0.15, 0.2) is 0 Å². The summed E-state index contributed by atoms with van der Waals surface area (Å²) in [5.74, 6) is -0.328. The van der Waals surface area contributed by atoms with Gasteiger partial charge in [-0.2, -0.15) is 0 Å². The standard InChI is InChI=1S/C12H12N4O2S/c17-10-6-5-8(13-10)11(18)15-16-12-14-7-3-1-2-4-9(7)19-12/h1-4,8H,5-6H2,(H,13,17)(H,14,16)(H,15,18). The predicted octanol–water partition coefficient (Wildman–Crippen LogP) is 1.02. The van der Waals surface area contributed by atoms with Crippen molar-refractivity contribution in [1.82, 2.24) is 15.7 Å². The molecule has 1 aliphatic rings. The molecule has 0 aliphatic carbocycles. The number of aromatic nitrogens is 1. The van der Waals surface area contributed by atoms with Gasteiger partial charge >= 0.3 is 0 Å². The van der Waals surface area contributed by atoms with Crippen LogP contribution in [0.3, 0.4) is 0 Å². The highest BCUT2D eigenvalue weighted by atomic mass is 32.1. The van der Waals surface area contributed by atoms with Crippen LogP contribution in [0.4, 0.5) is 5.13 Å². The van der Waals surface area contributed by atoms with E-state index in [-0.39, 0.29) is 11.8 Å². The van der Waals surface area contributed by atoms with Crippen molar-refractivity contribution in [2.75, 3.05) is 5.43 Å². The molecule has 1 fully saturated rings. The molecule has 98 valence electrons. The molecule has 1 aliphatic heterocycles. The smallest absolute Gasteiger partial charge is 0.260 e. The van der Waals surface area contributed by atoms with E-state index < -0.39 is 6.04 Å². The maximum atomic E-state index is 11.8. The fourth-order valence-corrected chi connectivity index (χ4v) is 2.76.